The van der Waals surface area contributed by atoms with Gasteiger partial charge >= 0.3 is 0 Å². The van der Waals surface area contributed by atoms with Crippen LogP contribution in [-0.4, -0.2) is 30.1 Å². The molecule has 1 amide bonds. The number of hydrogen-bond acceptors (Lipinski definition) is 3. The maximum atomic E-state index is 12.5. The van der Waals surface area contributed by atoms with Crippen LogP contribution in [0.25, 0.3) is 0 Å². The van der Waals surface area contributed by atoms with Crippen molar-refractivity contribution in [3.63, 3.8) is 0 Å². The van der Waals surface area contributed by atoms with Gasteiger partial charge in [0.2, 0.25) is 5.91 Å². The Morgan fingerprint density at radius 3 is 3.05 bits per heavy atom. The molecular formula is C15H23NO2S. The second kappa shape index (κ2) is 7.06. The summed E-state index contributed by atoms with van der Waals surface area (Å²) in [5.41, 5.74) is 0. The minimum absolute atomic E-state index is 0.0985. The molecule has 2 rings (SSSR count). The van der Waals surface area contributed by atoms with E-state index < -0.39 is 0 Å². The summed E-state index contributed by atoms with van der Waals surface area (Å²) < 4.78 is 5.68. The van der Waals surface area contributed by atoms with Gasteiger partial charge in [-0.15, -0.1) is 11.3 Å². The largest absolute Gasteiger partial charge is 0.376 e. The number of hydrogen-bond donors (Lipinski definition) is 0. The molecule has 0 aliphatic carbocycles. The third-order valence-electron chi connectivity index (χ3n) is 3.72. The molecule has 2 atom stereocenters. The minimum atomic E-state index is 0.0985. The van der Waals surface area contributed by atoms with E-state index in [4.69, 9.17) is 4.74 Å². The lowest BCUT2D eigenvalue weighted by Gasteiger charge is -2.27. The molecule has 1 saturated heterocycles. The first-order chi connectivity index (χ1) is 9.20. The van der Waals surface area contributed by atoms with Crippen molar-refractivity contribution in [1.29, 1.82) is 0 Å². The fourth-order valence-electron chi connectivity index (χ4n) is 2.34. The van der Waals surface area contributed by atoms with Gasteiger partial charge in [0.25, 0.3) is 0 Å². The van der Waals surface area contributed by atoms with Crippen molar-refractivity contribution in [1.82, 2.24) is 4.90 Å². The molecule has 0 radical (unpaired) electrons. The average molecular weight is 281 g/mol. The number of carbonyl (C=O) groups is 1. The van der Waals surface area contributed by atoms with E-state index in [1.54, 1.807) is 11.3 Å². The van der Waals surface area contributed by atoms with Gasteiger partial charge in [-0.2, -0.15) is 0 Å². The fourth-order valence-corrected chi connectivity index (χ4v) is 3.06. The lowest BCUT2D eigenvalue weighted by Crippen LogP contribution is -2.39. The molecule has 1 aromatic rings. The smallest absolute Gasteiger partial charge is 0.225 e. The average Bonchev–Trinajstić information content (AvgIpc) is 3.09. The Morgan fingerprint density at radius 1 is 1.63 bits per heavy atom. The molecule has 0 N–H and O–H groups in total. The Balaban J connectivity index is 2.00. The second-order valence-corrected chi connectivity index (χ2v) is 6.27. The molecule has 0 saturated carbocycles. The SMILES string of the molecule is CCC(C)C(=O)N(Cc1cccs1)CC1CCCO1. The molecule has 2 unspecified atom stereocenters. The van der Waals surface area contributed by atoms with Crippen LogP contribution in [0.3, 0.4) is 0 Å². The van der Waals surface area contributed by atoms with E-state index in [2.05, 4.69) is 18.4 Å². The first-order valence-corrected chi connectivity index (χ1v) is 8.01. The lowest BCUT2D eigenvalue weighted by atomic mass is 10.1. The lowest BCUT2D eigenvalue weighted by molar-refractivity contribution is -0.137. The van der Waals surface area contributed by atoms with Crippen molar-refractivity contribution >= 4 is 17.2 Å². The summed E-state index contributed by atoms with van der Waals surface area (Å²) in [5, 5.41) is 2.06. The molecule has 3 nitrogen and oxygen atoms in total. The Morgan fingerprint density at radius 2 is 2.47 bits per heavy atom. The first kappa shape index (κ1) is 14.5. The third-order valence-corrected chi connectivity index (χ3v) is 4.58. The Kier molecular flexibility index (Phi) is 5.40. The summed E-state index contributed by atoms with van der Waals surface area (Å²) >= 11 is 1.71. The number of thiophene rings is 1. The van der Waals surface area contributed by atoms with E-state index in [-0.39, 0.29) is 17.9 Å². The van der Waals surface area contributed by atoms with Gasteiger partial charge in [-0.3, -0.25) is 4.79 Å². The van der Waals surface area contributed by atoms with E-state index in [1.807, 2.05) is 17.9 Å². The van der Waals surface area contributed by atoms with Crippen molar-refractivity contribution < 1.29 is 9.53 Å². The Hall–Kier alpha value is -0.870. The summed E-state index contributed by atoms with van der Waals surface area (Å²) in [7, 11) is 0. The third kappa shape index (κ3) is 4.05. The molecule has 0 aromatic carbocycles. The van der Waals surface area contributed by atoms with Gasteiger partial charge in [-0.05, 0) is 30.7 Å². The molecule has 4 heteroatoms. The molecule has 0 spiro atoms. The van der Waals surface area contributed by atoms with E-state index in [0.717, 1.165) is 39.0 Å². The fraction of sp³-hybridized carbons (Fsp3) is 0.667. The number of carbonyl (C=O) groups excluding carboxylic acids is 1. The summed E-state index contributed by atoms with van der Waals surface area (Å²) in [6.07, 6.45) is 3.32. The summed E-state index contributed by atoms with van der Waals surface area (Å²) in [6, 6.07) is 4.13. The monoisotopic (exact) mass is 281 g/mol. The highest BCUT2D eigenvalue weighted by Gasteiger charge is 2.25. The van der Waals surface area contributed by atoms with E-state index in [9.17, 15) is 4.79 Å². The van der Waals surface area contributed by atoms with Crippen LogP contribution < -0.4 is 0 Å². The van der Waals surface area contributed by atoms with Gasteiger partial charge in [0.15, 0.2) is 0 Å². The van der Waals surface area contributed by atoms with Crippen molar-refractivity contribution in [3.05, 3.63) is 22.4 Å². The van der Waals surface area contributed by atoms with Gasteiger partial charge in [0, 0.05) is 23.9 Å². The first-order valence-electron chi connectivity index (χ1n) is 7.13. The standard InChI is InChI=1S/C15H23NO2S/c1-3-12(2)15(17)16(10-13-6-4-8-18-13)11-14-7-5-9-19-14/h5,7,9,12-13H,3-4,6,8,10-11H2,1-2H3. The van der Waals surface area contributed by atoms with Crippen LogP contribution >= 0.6 is 11.3 Å². The predicted octanol–water partition coefficient (Wildman–Crippen LogP) is 3.30. The zero-order chi connectivity index (χ0) is 13.7. The van der Waals surface area contributed by atoms with Gasteiger partial charge in [0.05, 0.1) is 12.6 Å². The Bertz CT molecular complexity index is 385. The molecule has 106 valence electrons. The van der Waals surface area contributed by atoms with Crippen LogP contribution in [0.5, 0.6) is 0 Å². The molecule has 1 aliphatic heterocycles. The van der Waals surface area contributed by atoms with E-state index in [1.165, 1.54) is 4.88 Å². The number of nitrogens with zero attached hydrogens (tertiary/aromatic N) is 1. The highest BCUT2D eigenvalue weighted by molar-refractivity contribution is 7.09. The van der Waals surface area contributed by atoms with Gasteiger partial charge in [-0.25, -0.2) is 0 Å². The van der Waals surface area contributed by atoms with Crippen LogP contribution in [0, 0.1) is 5.92 Å². The molecule has 1 fully saturated rings. The Labute approximate surface area is 119 Å². The molecule has 19 heavy (non-hydrogen) atoms. The molecule has 0 bridgehead atoms. The summed E-state index contributed by atoms with van der Waals surface area (Å²) in [6.45, 7) is 6.38. The van der Waals surface area contributed by atoms with Crippen LogP contribution in [0.2, 0.25) is 0 Å². The van der Waals surface area contributed by atoms with Gasteiger partial charge in [0.1, 0.15) is 0 Å². The van der Waals surface area contributed by atoms with Crippen molar-refractivity contribution in [3.8, 4) is 0 Å². The normalized spacial score (nSPS) is 20.4. The van der Waals surface area contributed by atoms with E-state index in [0.29, 0.717) is 0 Å². The van der Waals surface area contributed by atoms with Gasteiger partial charge < -0.3 is 9.64 Å². The molecule has 2 heterocycles. The number of rotatable bonds is 6. The minimum Gasteiger partial charge on any atom is -0.376 e. The van der Waals surface area contributed by atoms with Crippen molar-refractivity contribution in [2.45, 2.75) is 45.8 Å². The van der Waals surface area contributed by atoms with Crippen LogP contribution in [0.1, 0.15) is 38.0 Å². The maximum Gasteiger partial charge on any atom is 0.225 e. The molecule has 1 aliphatic rings. The number of amides is 1. The molecular weight excluding hydrogens is 258 g/mol. The van der Waals surface area contributed by atoms with Crippen LogP contribution in [-0.2, 0) is 16.1 Å². The second-order valence-electron chi connectivity index (χ2n) is 5.24. The maximum absolute atomic E-state index is 12.5. The van der Waals surface area contributed by atoms with Crippen molar-refractivity contribution in [2.75, 3.05) is 13.2 Å². The molecule has 1 aromatic heterocycles. The summed E-state index contributed by atoms with van der Waals surface area (Å²) in [4.78, 5) is 15.7. The predicted molar refractivity (Wildman–Crippen MR) is 78.2 cm³/mol. The quantitative estimate of drug-likeness (QED) is 0.800. The van der Waals surface area contributed by atoms with Crippen LogP contribution in [0.4, 0.5) is 0 Å². The van der Waals surface area contributed by atoms with Gasteiger partial charge in [-0.1, -0.05) is 19.9 Å². The van der Waals surface area contributed by atoms with E-state index >= 15 is 0 Å². The zero-order valence-electron chi connectivity index (χ0n) is 11.8. The zero-order valence-corrected chi connectivity index (χ0v) is 12.6. The highest BCUT2D eigenvalue weighted by Crippen LogP contribution is 2.19. The topological polar surface area (TPSA) is 29.5 Å². The number of ether oxygens (including phenoxy) is 1. The van der Waals surface area contributed by atoms with Crippen molar-refractivity contribution in [2.24, 2.45) is 5.92 Å². The summed E-state index contributed by atoms with van der Waals surface area (Å²) in [5.74, 6) is 0.354. The van der Waals surface area contributed by atoms with Crippen LogP contribution in [0.15, 0.2) is 17.5 Å². The highest BCUT2D eigenvalue weighted by atomic mass is 32.1.